The molecule has 2 rings (SSSR count). The van der Waals surface area contributed by atoms with Crippen LogP contribution < -0.4 is 0 Å². The Morgan fingerprint density at radius 2 is 1.92 bits per heavy atom. The van der Waals surface area contributed by atoms with Crippen molar-refractivity contribution in [2.75, 3.05) is 33.7 Å². The van der Waals surface area contributed by atoms with Gasteiger partial charge in [-0.3, -0.25) is 0 Å². The predicted molar refractivity (Wildman–Crippen MR) is 92.6 cm³/mol. The molecule has 0 unspecified atom stereocenters. The summed E-state index contributed by atoms with van der Waals surface area (Å²) in [7, 11) is 1.65. The lowest BCUT2D eigenvalue weighted by Crippen LogP contribution is -2.63. The van der Waals surface area contributed by atoms with Gasteiger partial charge in [-0.1, -0.05) is 13.8 Å². The van der Waals surface area contributed by atoms with E-state index in [1.165, 1.54) is 0 Å². The highest BCUT2D eigenvalue weighted by atomic mass is 16.7. The van der Waals surface area contributed by atoms with Crippen molar-refractivity contribution in [2.45, 2.75) is 64.1 Å². The lowest BCUT2D eigenvalue weighted by atomic mass is 9.53. The molecule has 0 spiro atoms. The van der Waals surface area contributed by atoms with Gasteiger partial charge in [0.15, 0.2) is 0 Å². The summed E-state index contributed by atoms with van der Waals surface area (Å²) in [5, 5.41) is 20.8. The van der Waals surface area contributed by atoms with E-state index in [2.05, 4.69) is 13.8 Å². The monoisotopic (exact) mass is 344 g/mol. The van der Waals surface area contributed by atoms with Crippen molar-refractivity contribution in [3.63, 3.8) is 0 Å². The van der Waals surface area contributed by atoms with Crippen molar-refractivity contribution in [2.24, 2.45) is 23.7 Å². The minimum atomic E-state index is -0.710. The molecule has 24 heavy (non-hydrogen) atoms. The van der Waals surface area contributed by atoms with E-state index in [1.807, 2.05) is 6.92 Å². The zero-order valence-corrected chi connectivity index (χ0v) is 15.8. The summed E-state index contributed by atoms with van der Waals surface area (Å²) in [6.45, 7) is 7.89. The Balaban J connectivity index is 2.21. The molecule has 2 aliphatic carbocycles. The fourth-order valence-corrected chi connectivity index (χ4v) is 5.13. The van der Waals surface area contributed by atoms with E-state index >= 15 is 0 Å². The number of hydrogen-bond donors (Lipinski definition) is 2. The second kappa shape index (κ2) is 8.45. The molecule has 142 valence electrons. The Hall–Kier alpha value is -0.200. The largest absolute Gasteiger partial charge is 0.396 e. The van der Waals surface area contributed by atoms with Gasteiger partial charge in [-0.05, 0) is 56.8 Å². The van der Waals surface area contributed by atoms with E-state index in [4.69, 9.17) is 14.2 Å². The van der Waals surface area contributed by atoms with Gasteiger partial charge in [0.05, 0.1) is 24.4 Å². The van der Waals surface area contributed by atoms with Gasteiger partial charge < -0.3 is 24.4 Å². The minimum absolute atomic E-state index is 0.0972. The van der Waals surface area contributed by atoms with Crippen molar-refractivity contribution in [1.29, 1.82) is 0 Å². The molecule has 2 N–H and O–H groups in total. The molecule has 5 nitrogen and oxygen atoms in total. The summed E-state index contributed by atoms with van der Waals surface area (Å²) in [4.78, 5) is 0. The summed E-state index contributed by atoms with van der Waals surface area (Å²) >= 11 is 0. The molecule has 0 aliphatic heterocycles. The van der Waals surface area contributed by atoms with E-state index in [9.17, 15) is 10.2 Å². The first-order valence-electron chi connectivity index (χ1n) is 9.41. The van der Waals surface area contributed by atoms with Gasteiger partial charge in [0.2, 0.25) is 0 Å². The maximum atomic E-state index is 11.0. The molecular formula is C19H36O5. The fraction of sp³-hybridized carbons (Fsp3) is 1.00. The van der Waals surface area contributed by atoms with Crippen molar-refractivity contribution >= 4 is 0 Å². The van der Waals surface area contributed by atoms with Crippen molar-refractivity contribution in [3.8, 4) is 0 Å². The molecule has 0 heterocycles. The fourth-order valence-electron chi connectivity index (χ4n) is 5.13. The Kier molecular flexibility index (Phi) is 7.09. The first kappa shape index (κ1) is 20.1. The van der Waals surface area contributed by atoms with E-state index in [0.29, 0.717) is 25.0 Å². The number of aliphatic hydroxyl groups is 2. The number of hydrogen-bond acceptors (Lipinski definition) is 5. The van der Waals surface area contributed by atoms with Crippen LogP contribution in [-0.2, 0) is 14.2 Å². The Bertz CT molecular complexity index is 384. The van der Waals surface area contributed by atoms with Crippen LogP contribution in [0.1, 0.15) is 52.9 Å². The molecule has 2 saturated carbocycles. The second-order valence-corrected chi connectivity index (χ2v) is 8.25. The van der Waals surface area contributed by atoms with Gasteiger partial charge in [-0.2, -0.15) is 0 Å². The second-order valence-electron chi connectivity index (χ2n) is 8.25. The average molecular weight is 344 g/mol. The maximum Gasteiger partial charge on any atom is 0.147 e. The third kappa shape index (κ3) is 4.13. The summed E-state index contributed by atoms with van der Waals surface area (Å²) < 4.78 is 17.0. The lowest BCUT2D eigenvalue weighted by Gasteiger charge is -2.59. The number of ether oxygens (including phenoxy) is 3. The Morgan fingerprint density at radius 1 is 1.17 bits per heavy atom. The molecule has 0 amide bonds. The van der Waals surface area contributed by atoms with Crippen LogP contribution in [0.3, 0.4) is 0 Å². The van der Waals surface area contributed by atoms with Crippen LogP contribution in [0.4, 0.5) is 0 Å². The zero-order chi connectivity index (χ0) is 17.8. The minimum Gasteiger partial charge on any atom is -0.396 e. The third-order valence-corrected chi connectivity index (χ3v) is 6.31. The molecule has 2 aliphatic rings. The molecule has 0 aromatic rings. The highest BCUT2D eigenvalue weighted by Crippen LogP contribution is 2.56. The van der Waals surface area contributed by atoms with Gasteiger partial charge in [0.25, 0.3) is 0 Å². The number of rotatable bonds is 8. The molecular weight excluding hydrogens is 308 g/mol. The summed E-state index contributed by atoms with van der Waals surface area (Å²) in [6.07, 6.45) is 4.44. The van der Waals surface area contributed by atoms with E-state index in [-0.39, 0.29) is 25.2 Å². The normalized spacial score (nSPS) is 39.9. The first-order valence-corrected chi connectivity index (χ1v) is 9.41. The van der Waals surface area contributed by atoms with Crippen molar-refractivity contribution < 1.29 is 24.4 Å². The summed E-state index contributed by atoms with van der Waals surface area (Å²) in [5.41, 5.74) is -1.12. The summed E-state index contributed by atoms with van der Waals surface area (Å²) in [6, 6.07) is 0. The van der Waals surface area contributed by atoms with Crippen LogP contribution >= 0.6 is 0 Å². The van der Waals surface area contributed by atoms with Crippen LogP contribution in [0.15, 0.2) is 0 Å². The zero-order valence-electron chi connectivity index (χ0n) is 15.8. The molecule has 5 heteroatoms. The summed E-state index contributed by atoms with van der Waals surface area (Å²) in [5.74, 6) is 1.19. The van der Waals surface area contributed by atoms with Crippen LogP contribution in [0.2, 0.25) is 0 Å². The van der Waals surface area contributed by atoms with Gasteiger partial charge in [-0.25, -0.2) is 0 Å². The molecule has 0 saturated heterocycles. The topological polar surface area (TPSA) is 68.2 Å². The number of methoxy groups -OCH3 is 1. The Labute approximate surface area is 146 Å². The number of aliphatic hydroxyl groups excluding tert-OH is 1. The van der Waals surface area contributed by atoms with Crippen molar-refractivity contribution in [3.05, 3.63) is 0 Å². The van der Waals surface area contributed by atoms with Gasteiger partial charge >= 0.3 is 0 Å². The maximum absolute atomic E-state index is 11.0. The van der Waals surface area contributed by atoms with Crippen LogP contribution in [-0.4, -0.2) is 55.1 Å². The highest BCUT2D eigenvalue weighted by molar-refractivity contribution is 5.09. The molecule has 0 aromatic carbocycles. The quantitative estimate of drug-likeness (QED) is 0.523. The van der Waals surface area contributed by atoms with Crippen LogP contribution in [0.25, 0.3) is 0 Å². The molecule has 0 aromatic heterocycles. The van der Waals surface area contributed by atoms with Gasteiger partial charge in [-0.15, -0.1) is 0 Å². The average Bonchev–Trinajstić information content (AvgIpc) is 2.53. The standard InChI is InChI=1S/C19H36O5/c1-14(2)16-7-8-18(3,21)17-6-5-15(12-20)11-19(16,17)24-13-23-10-9-22-4/h14-17,20-21H,5-13H2,1-4H3/t15-,16-,17-,18+,19+/m1/s1. The Morgan fingerprint density at radius 3 is 2.54 bits per heavy atom. The van der Waals surface area contributed by atoms with Crippen LogP contribution in [0, 0.1) is 23.7 Å². The molecule has 5 atom stereocenters. The third-order valence-electron chi connectivity index (χ3n) is 6.31. The molecule has 2 fully saturated rings. The first-order chi connectivity index (χ1) is 11.4. The number of fused-ring (bicyclic) bond motifs is 1. The van der Waals surface area contributed by atoms with Crippen molar-refractivity contribution in [1.82, 2.24) is 0 Å². The SMILES string of the molecule is COCCOCO[C@]12C[C@H](CO)CC[C@@H]1[C@@](C)(O)CC[C@@H]2C(C)C. The smallest absolute Gasteiger partial charge is 0.147 e. The van der Waals surface area contributed by atoms with Gasteiger partial charge in [0, 0.05) is 19.6 Å². The van der Waals surface area contributed by atoms with Gasteiger partial charge in [0.1, 0.15) is 6.79 Å². The molecule has 0 radical (unpaired) electrons. The van der Waals surface area contributed by atoms with E-state index < -0.39 is 11.2 Å². The lowest BCUT2D eigenvalue weighted by molar-refractivity contribution is -0.268. The van der Waals surface area contributed by atoms with E-state index in [0.717, 1.165) is 32.1 Å². The molecule has 0 bridgehead atoms. The predicted octanol–water partition coefficient (Wildman–Crippen LogP) is 2.59. The van der Waals surface area contributed by atoms with Crippen LogP contribution in [0.5, 0.6) is 0 Å². The van der Waals surface area contributed by atoms with E-state index in [1.54, 1.807) is 7.11 Å². The highest BCUT2D eigenvalue weighted by Gasteiger charge is 2.59.